The number of aromatic nitrogens is 1. The van der Waals surface area contributed by atoms with Crippen molar-refractivity contribution in [2.24, 2.45) is 0 Å². The summed E-state index contributed by atoms with van der Waals surface area (Å²) >= 11 is 6.01. The lowest BCUT2D eigenvalue weighted by atomic mass is 9.92. The molecule has 4 aromatic rings. The third kappa shape index (κ3) is 2.79. The SMILES string of the molecule is O=C(c1ccc(Cl)cc1)N1CCc2c([nH]c3ccccc23)[C@H]1c1ccccc1. The Bertz CT molecular complexity index is 1150. The van der Waals surface area contributed by atoms with E-state index in [-0.39, 0.29) is 11.9 Å². The Kier molecular flexibility index (Phi) is 4.18. The van der Waals surface area contributed by atoms with E-state index >= 15 is 0 Å². The van der Waals surface area contributed by atoms with Crippen molar-refractivity contribution in [2.45, 2.75) is 12.5 Å². The zero-order chi connectivity index (χ0) is 19.1. The van der Waals surface area contributed by atoms with Crippen LogP contribution in [0.1, 0.15) is 33.2 Å². The van der Waals surface area contributed by atoms with E-state index in [9.17, 15) is 4.79 Å². The molecule has 0 saturated heterocycles. The van der Waals surface area contributed by atoms with E-state index in [2.05, 4.69) is 35.3 Å². The fourth-order valence-corrected chi connectivity index (χ4v) is 4.33. The highest BCUT2D eigenvalue weighted by Crippen LogP contribution is 2.39. The smallest absolute Gasteiger partial charge is 0.254 e. The molecular formula is C24H19ClN2O. The maximum absolute atomic E-state index is 13.4. The van der Waals surface area contributed by atoms with Crippen molar-refractivity contribution in [3.63, 3.8) is 0 Å². The Morgan fingerprint density at radius 2 is 1.64 bits per heavy atom. The molecule has 0 saturated carbocycles. The van der Waals surface area contributed by atoms with Crippen LogP contribution in [0.15, 0.2) is 78.9 Å². The number of H-pyrrole nitrogens is 1. The molecule has 0 bridgehead atoms. The summed E-state index contributed by atoms with van der Waals surface area (Å²) in [7, 11) is 0. The number of amides is 1. The van der Waals surface area contributed by atoms with Crippen LogP contribution in [0.2, 0.25) is 5.02 Å². The standard InChI is InChI=1S/C24H19ClN2O/c25-18-12-10-17(11-13-18)24(28)27-15-14-20-19-8-4-5-9-21(19)26-22(20)23(27)16-6-2-1-3-7-16/h1-13,23,26H,14-15H2/t23-/m1/s1. The van der Waals surface area contributed by atoms with Gasteiger partial charge in [0.1, 0.15) is 0 Å². The van der Waals surface area contributed by atoms with Crippen LogP contribution in [-0.2, 0) is 6.42 Å². The fourth-order valence-electron chi connectivity index (χ4n) is 4.20. The molecule has 0 fully saturated rings. The van der Waals surface area contributed by atoms with E-state index in [1.807, 2.05) is 29.2 Å². The lowest BCUT2D eigenvalue weighted by molar-refractivity contribution is 0.0692. The van der Waals surface area contributed by atoms with Gasteiger partial charge < -0.3 is 9.88 Å². The van der Waals surface area contributed by atoms with Gasteiger partial charge in [-0.15, -0.1) is 0 Å². The predicted octanol–water partition coefficient (Wildman–Crippen LogP) is 5.61. The van der Waals surface area contributed by atoms with Crippen molar-refractivity contribution in [3.05, 3.63) is 106 Å². The molecule has 5 rings (SSSR count). The number of rotatable bonds is 2. The highest BCUT2D eigenvalue weighted by molar-refractivity contribution is 6.30. The second-order valence-electron chi connectivity index (χ2n) is 7.13. The molecule has 0 radical (unpaired) electrons. The van der Waals surface area contributed by atoms with Crippen LogP contribution in [0.4, 0.5) is 0 Å². The first kappa shape index (κ1) is 17.1. The Hall–Kier alpha value is -3.04. The maximum atomic E-state index is 13.4. The van der Waals surface area contributed by atoms with Gasteiger partial charge in [0.05, 0.1) is 6.04 Å². The molecule has 3 nitrogen and oxygen atoms in total. The lowest BCUT2D eigenvalue weighted by Gasteiger charge is -2.36. The van der Waals surface area contributed by atoms with Gasteiger partial charge in [-0.05, 0) is 47.9 Å². The third-order valence-electron chi connectivity index (χ3n) is 5.50. The monoisotopic (exact) mass is 386 g/mol. The average molecular weight is 387 g/mol. The number of benzene rings is 3. The van der Waals surface area contributed by atoms with Crippen LogP contribution in [0.3, 0.4) is 0 Å². The molecule has 0 unspecified atom stereocenters. The minimum absolute atomic E-state index is 0.0230. The van der Waals surface area contributed by atoms with Crippen molar-refractivity contribution in [1.29, 1.82) is 0 Å². The number of aromatic amines is 1. The third-order valence-corrected chi connectivity index (χ3v) is 5.75. The summed E-state index contributed by atoms with van der Waals surface area (Å²) in [5.74, 6) is 0.0230. The van der Waals surface area contributed by atoms with Gasteiger partial charge in [-0.25, -0.2) is 0 Å². The highest BCUT2D eigenvalue weighted by Gasteiger charge is 2.34. The molecule has 3 aromatic carbocycles. The number of hydrogen-bond acceptors (Lipinski definition) is 1. The summed E-state index contributed by atoms with van der Waals surface area (Å²) in [6.07, 6.45) is 0.835. The van der Waals surface area contributed by atoms with Gasteiger partial charge in [0.15, 0.2) is 0 Å². The summed E-state index contributed by atoms with van der Waals surface area (Å²) in [6, 6.07) is 25.6. The van der Waals surface area contributed by atoms with Crippen LogP contribution in [0.25, 0.3) is 10.9 Å². The number of para-hydroxylation sites is 1. The van der Waals surface area contributed by atoms with Gasteiger partial charge in [0.2, 0.25) is 0 Å². The first-order valence-electron chi connectivity index (χ1n) is 9.43. The largest absolute Gasteiger partial charge is 0.356 e. The zero-order valence-electron chi connectivity index (χ0n) is 15.2. The number of carbonyl (C=O) groups is 1. The topological polar surface area (TPSA) is 36.1 Å². The van der Waals surface area contributed by atoms with E-state index in [1.54, 1.807) is 24.3 Å². The molecule has 1 atom stereocenters. The maximum Gasteiger partial charge on any atom is 0.254 e. The number of hydrogen-bond donors (Lipinski definition) is 1. The summed E-state index contributed by atoms with van der Waals surface area (Å²) in [6.45, 7) is 0.676. The number of nitrogens with zero attached hydrogens (tertiary/aromatic N) is 1. The van der Waals surface area contributed by atoms with Crippen molar-refractivity contribution in [2.75, 3.05) is 6.54 Å². The second kappa shape index (κ2) is 6.84. The normalized spacial score (nSPS) is 16.2. The van der Waals surface area contributed by atoms with Crippen LogP contribution >= 0.6 is 11.6 Å². The van der Waals surface area contributed by atoms with Crippen LogP contribution in [0, 0.1) is 0 Å². The van der Waals surface area contributed by atoms with Gasteiger partial charge in [-0.1, -0.05) is 60.1 Å². The second-order valence-corrected chi connectivity index (χ2v) is 7.57. The van der Waals surface area contributed by atoms with Crippen LogP contribution < -0.4 is 0 Å². The molecule has 1 aliphatic heterocycles. The quantitative estimate of drug-likeness (QED) is 0.477. The molecule has 138 valence electrons. The van der Waals surface area contributed by atoms with E-state index in [0.29, 0.717) is 17.1 Å². The molecule has 28 heavy (non-hydrogen) atoms. The van der Waals surface area contributed by atoms with E-state index in [1.165, 1.54) is 10.9 Å². The highest BCUT2D eigenvalue weighted by atomic mass is 35.5. The molecule has 2 heterocycles. The summed E-state index contributed by atoms with van der Waals surface area (Å²) in [4.78, 5) is 19.0. The molecule has 4 heteroatoms. The first-order chi connectivity index (χ1) is 13.7. The molecular weight excluding hydrogens is 368 g/mol. The van der Waals surface area contributed by atoms with E-state index in [4.69, 9.17) is 11.6 Å². The number of fused-ring (bicyclic) bond motifs is 3. The summed E-state index contributed by atoms with van der Waals surface area (Å²) in [5.41, 5.74) is 5.31. The van der Waals surface area contributed by atoms with Gasteiger partial charge in [-0.2, -0.15) is 0 Å². The molecule has 0 spiro atoms. The summed E-state index contributed by atoms with van der Waals surface area (Å²) in [5, 5.41) is 1.88. The van der Waals surface area contributed by atoms with Crippen molar-refractivity contribution >= 4 is 28.4 Å². The molecule has 1 amide bonds. The van der Waals surface area contributed by atoms with Crippen LogP contribution in [0.5, 0.6) is 0 Å². The van der Waals surface area contributed by atoms with Gasteiger partial charge in [-0.3, -0.25) is 4.79 Å². The Morgan fingerprint density at radius 1 is 0.929 bits per heavy atom. The van der Waals surface area contributed by atoms with E-state index in [0.717, 1.165) is 23.2 Å². The predicted molar refractivity (Wildman–Crippen MR) is 113 cm³/mol. The van der Waals surface area contributed by atoms with Gasteiger partial charge in [0.25, 0.3) is 5.91 Å². The summed E-state index contributed by atoms with van der Waals surface area (Å²) < 4.78 is 0. The molecule has 0 aliphatic carbocycles. The van der Waals surface area contributed by atoms with Gasteiger partial charge in [0, 0.05) is 33.7 Å². The fraction of sp³-hybridized carbons (Fsp3) is 0.125. The lowest BCUT2D eigenvalue weighted by Crippen LogP contribution is -2.40. The van der Waals surface area contributed by atoms with Gasteiger partial charge >= 0.3 is 0 Å². The molecule has 1 N–H and O–H groups in total. The van der Waals surface area contributed by atoms with Crippen LogP contribution in [-0.4, -0.2) is 22.3 Å². The number of halogens is 1. The van der Waals surface area contributed by atoms with Crippen molar-refractivity contribution in [1.82, 2.24) is 9.88 Å². The first-order valence-corrected chi connectivity index (χ1v) is 9.81. The Labute approximate surface area is 168 Å². The van der Waals surface area contributed by atoms with Crippen molar-refractivity contribution in [3.8, 4) is 0 Å². The molecule has 1 aliphatic rings. The van der Waals surface area contributed by atoms with E-state index < -0.39 is 0 Å². The minimum atomic E-state index is -0.138. The minimum Gasteiger partial charge on any atom is -0.356 e. The Balaban J connectivity index is 1.65. The van der Waals surface area contributed by atoms with Crippen molar-refractivity contribution < 1.29 is 4.79 Å². The Morgan fingerprint density at radius 3 is 2.43 bits per heavy atom. The number of nitrogens with one attached hydrogen (secondary N) is 1. The molecule has 1 aromatic heterocycles. The number of carbonyl (C=O) groups excluding carboxylic acids is 1. The zero-order valence-corrected chi connectivity index (χ0v) is 16.0. The average Bonchev–Trinajstić information content (AvgIpc) is 3.12.